The standard InChI is InChI=1S/C11H11NO3/c1-12-3-2-7-4-9-10(15-6-14-9)5-8(7)11(12)13/h4-5H,2-3,6H2,1H3. The number of carbonyl (C=O) groups is 1. The van der Waals surface area contributed by atoms with Gasteiger partial charge in [0.05, 0.1) is 0 Å². The van der Waals surface area contributed by atoms with E-state index in [2.05, 4.69) is 0 Å². The Labute approximate surface area is 87.4 Å². The molecule has 2 heterocycles. The third-order valence-electron chi connectivity index (χ3n) is 2.89. The van der Waals surface area contributed by atoms with E-state index in [1.165, 1.54) is 0 Å². The zero-order valence-corrected chi connectivity index (χ0v) is 8.45. The van der Waals surface area contributed by atoms with Crippen molar-refractivity contribution in [3.8, 4) is 11.5 Å². The molecule has 0 saturated carbocycles. The second kappa shape index (κ2) is 2.89. The van der Waals surface area contributed by atoms with Crippen LogP contribution < -0.4 is 9.47 Å². The van der Waals surface area contributed by atoms with Gasteiger partial charge in [0.15, 0.2) is 11.5 Å². The van der Waals surface area contributed by atoms with Gasteiger partial charge in [-0.2, -0.15) is 0 Å². The van der Waals surface area contributed by atoms with Crippen molar-refractivity contribution in [3.63, 3.8) is 0 Å². The monoisotopic (exact) mass is 205 g/mol. The van der Waals surface area contributed by atoms with Gasteiger partial charge >= 0.3 is 0 Å². The van der Waals surface area contributed by atoms with Crippen molar-refractivity contribution in [3.05, 3.63) is 23.3 Å². The SMILES string of the molecule is CN1CCc2cc3c(cc2C1=O)OCO3. The quantitative estimate of drug-likeness (QED) is 0.635. The first-order valence-electron chi connectivity index (χ1n) is 4.94. The van der Waals surface area contributed by atoms with Crippen LogP contribution in [0, 0.1) is 0 Å². The Morgan fingerprint density at radius 1 is 1.27 bits per heavy atom. The molecule has 1 aromatic rings. The lowest BCUT2D eigenvalue weighted by molar-refractivity contribution is 0.0780. The van der Waals surface area contributed by atoms with Crippen LogP contribution in [0.4, 0.5) is 0 Å². The molecular weight excluding hydrogens is 194 g/mol. The van der Waals surface area contributed by atoms with Gasteiger partial charge in [-0.25, -0.2) is 0 Å². The van der Waals surface area contributed by atoms with E-state index in [0.29, 0.717) is 5.75 Å². The minimum absolute atomic E-state index is 0.0644. The van der Waals surface area contributed by atoms with Crippen LogP contribution in [0.2, 0.25) is 0 Å². The number of likely N-dealkylation sites (N-methyl/N-ethyl adjacent to an activating group) is 1. The number of hydrogen-bond acceptors (Lipinski definition) is 3. The Balaban J connectivity index is 2.14. The first-order chi connectivity index (χ1) is 7.25. The average molecular weight is 205 g/mol. The lowest BCUT2D eigenvalue weighted by atomic mass is 9.98. The number of nitrogens with zero attached hydrogens (tertiary/aromatic N) is 1. The topological polar surface area (TPSA) is 38.8 Å². The predicted molar refractivity (Wildman–Crippen MR) is 53.2 cm³/mol. The highest BCUT2D eigenvalue weighted by Gasteiger charge is 2.25. The number of benzene rings is 1. The number of hydrogen-bond donors (Lipinski definition) is 0. The Hall–Kier alpha value is -1.71. The van der Waals surface area contributed by atoms with Crippen LogP contribution in [0.1, 0.15) is 15.9 Å². The van der Waals surface area contributed by atoms with E-state index < -0.39 is 0 Å². The summed E-state index contributed by atoms with van der Waals surface area (Å²) in [6.45, 7) is 1.02. The number of rotatable bonds is 0. The molecule has 0 aliphatic carbocycles. The molecule has 0 saturated heterocycles. The summed E-state index contributed by atoms with van der Waals surface area (Å²) in [5.41, 5.74) is 1.80. The number of ether oxygens (including phenoxy) is 2. The van der Waals surface area contributed by atoms with Gasteiger partial charge in [0.2, 0.25) is 6.79 Å². The normalized spacial score (nSPS) is 17.9. The van der Waals surface area contributed by atoms with Crippen LogP contribution in [-0.4, -0.2) is 31.2 Å². The minimum Gasteiger partial charge on any atom is -0.454 e. The second-order valence-electron chi connectivity index (χ2n) is 3.84. The molecule has 1 aromatic carbocycles. The fourth-order valence-electron chi connectivity index (χ4n) is 1.99. The highest BCUT2D eigenvalue weighted by atomic mass is 16.7. The third-order valence-corrected chi connectivity index (χ3v) is 2.89. The molecule has 0 spiro atoms. The van der Waals surface area contributed by atoms with E-state index in [0.717, 1.165) is 29.8 Å². The van der Waals surface area contributed by atoms with Crippen LogP contribution in [-0.2, 0) is 6.42 Å². The molecule has 2 aliphatic heterocycles. The van der Waals surface area contributed by atoms with Crippen LogP contribution >= 0.6 is 0 Å². The number of carbonyl (C=O) groups excluding carboxylic acids is 1. The van der Waals surface area contributed by atoms with Gasteiger partial charge in [-0.1, -0.05) is 0 Å². The van der Waals surface area contributed by atoms with E-state index in [1.54, 1.807) is 11.0 Å². The molecule has 15 heavy (non-hydrogen) atoms. The smallest absolute Gasteiger partial charge is 0.254 e. The summed E-state index contributed by atoms with van der Waals surface area (Å²) in [7, 11) is 1.82. The summed E-state index contributed by atoms with van der Waals surface area (Å²) in [6.07, 6.45) is 0.883. The average Bonchev–Trinajstić information content (AvgIpc) is 2.68. The maximum atomic E-state index is 11.8. The minimum atomic E-state index is 0.0644. The first-order valence-corrected chi connectivity index (χ1v) is 4.94. The molecule has 3 rings (SSSR count). The van der Waals surface area contributed by atoms with Crippen molar-refractivity contribution in [2.45, 2.75) is 6.42 Å². The van der Waals surface area contributed by atoms with Gasteiger partial charge in [0.25, 0.3) is 5.91 Å². The Bertz CT molecular complexity index is 442. The fourth-order valence-corrected chi connectivity index (χ4v) is 1.99. The lowest BCUT2D eigenvalue weighted by Crippen LogP contribution is -2.34. The molecule has 0 bridgehead atoms. The molecule has 0 fully saturated rings. The van der Waals surface area contributed by atoms with Gasteiger partial charge in [0.1, 0.15) is 0 Å². The Kier molecular flexibility index (Phi) is 1.65. The molecule has 0 aromatic heterocycles. The van der Waals surface area contributed by atoms with Crippen LogP contribution in [0.5, 0.6) is 11.5 Å². The zero-order chi connectivity index (χ0) is 10.4. The van der Waals surface area contributed by atoms with E-state index >= 15 is 0 Å². The van der Waals surface area contributed by atoms with Gasteiger partial charge in [0, 0.05) is 19.2 Å². The molecule has 0 atom stereocenters. The van der Waals surface area contributed by atoms with Crippen LogP contribution in [0.15, 0.2) is 12.1 Å². The van der Waals surface area contributed by atoms with Crippen molar-refractivity contribution in [2.24, 2.45) is 0 Å². The van der Waals surface area contributed by atoms with Crippen LogP contribution in [0.25, 0.3) is 0 Å². The highest BCUT2D eigenvalue weighted by Crippen LogP contribution is 2.36. The molecule has 2 aliphatic rings. The maximum absolute atomic E-state index is 11.8. The summed E-state index contributed by atoms with van der Waals surface area (Å²) in [5.74, 6) is 1.50. The van der Waals surface area contributed by atoms with Gasteiger partial charge < -0.3 is 14.4 Å². The zero-order valence-electron chi connectivity index (χ0n) is 8.45. The van der Waals surface area contributed by atoms with Crippen molar-refractivity contribution in [1.29, 1.82) is 0 Å². The van der Waals surface area contributed by atoms with Crippen LogP contribution in [0.3, 0.4) is 0 Å². The second-order valence-corrected chi connectivity index (χ2v) is 3.84. The van der Waals surface area contributed by atoms with E-state index in [9.17, 15) is 4.79 Å². The summed E-state index contributed by atoms with van der Waals surface area (Å²) in [4.78, 5) is 13.6. The number of fused-ring (bicyclic) bond motifs is 2. The molecule has 78 valence electrons. The summed E-state index contributed by atoms with van der Waals surface area (Å²) >= 11 is 0. The molecule has 4 nitrogen and oxygen atoms in total. The highest BCUT2D eigenvalue weighted by molar-refractivity contribution is 5.97. The van der Waals surface area contributed by atoms with Crippen molar-refractivity contribution < 1.29 is 14.3 Å². The lowest BCUT2D eigenvalue weighted by Gasteiger charge is -2.24. The first kappa shape index (κ1) is 8.59. The molecule has 0 N–H and O–H groups in total. The molecule has 4 heteroatoms. The van der Waals surface area contributed by atoms with Crippen molar-refractivity contribution >= 4 is 5.91 Å². The van der Waals surface area contributed by atoms with Crippen molar-refractivity contribution in [2.75, 3.05) is 20.4 Å². The third kappa shape index (κ3) is 1.17. The summed E-state index contributed by atoms with van der Waals surface area (Å²) in [6, 6.07) is 3.71. The number of amides is 1. The Morgan fingerprint density at radius 2 is 2.00 bits per heavy atom. The van der Waals surface area contributed by atoms with E-state index in [4.69, 9.17) is 9.47 Å². The molecule has 0 unspecified atom stereocenters. The predicted octanol–water partition coefficient (Wildman–Crippen LogP) is 1.04. The summed E-state index contributed by atoms with van der Waals surface area (Å²) < 4.78 is 10.5. The fraction of sp³-hybridized carbons (Fsp3) is 0.364. The van der Waals surface area contributed by atoms with E-state index in [-0.39, 0.29) is 12.7 Å². The van der Waals surface area contributed by atoms with E-state index in [1.807, 2.05) is 13.1 Å². The Morgan fingerprint density at radius 3 is 2.80 bits per heavy atom. The summed E-state index contributed by atoms with van der Waals surface area (Å²) in [5, 5.41) is 0. The van der Waals surface area contributed by atoms with Crippen molar-refractivity contribution in [1.82, 2.24) is 4.90 Å². The molecule has 1 amide bonds. The largest absolute Gasteiger partial charge is 0.454 e. The van der Waals surface area contributed by atoms with Gasteiger partial charge in [-0.15, -0.1) is 0 Å². The maximum Gasteiger partial charge on any atom is 0.254 e. The molecule has 0 radical (unpaired) electrons. The van der Waals surface area contributed by atoms with Gasteiger partial charge in [-0.05, 0) is 24.1 Å². The molecular formula is C11H11NO3. The van der Waals surface area contributed by atoms with Gasteiger partial charge in [-0.3, -0.25) is 4.79 Å².